The van der Waals surface area contributed by atoms with Crippen molar-refractivity contribution in [2.24, 2.45) is 0 Å². The quantitative estimate of drug-likeness (QED) is 0.782. The normalized spacial score (nSPS) is 11.6. The zero-order chi connectivity index (χ0) is 15.2. The average molecular weight is 312 g/mol. The second-order valence-electron chi connectivity index (χ2n) is 4.96. The number of rotatable bonds is 7. The van der Waals surface area contributed by atoms with E-state index in [1.54, 1.807) is 0 Å². The number of hydrogen-bond donors (Lipinski definition) is 1. The summed E-state index contributed by atoms with van der Waals surface area (Å²) in [5, 5.41) is 12.5. The molecule has 0 aliphatic rings. The number of benzene rings is 1. The van der Waals surface area contributed by atoms with Crippen LogP contribution in [0.3, 0.4) is 0 Å². The number of hydrogen-bond acceptors (Lipinski definition) is 5. The Kier molecular flexibility index (Phi) is 6.53. The van der Waals surface area contributed by atoms with Gasteiger partial charge in [-0.1, -0.05) is 19.9 Å². The van der Waals surface area contributed by atoms with Crippen molar-refractivity contribution in [1.82, 2.24) is 5.32 Å². The van der Waals surface area contributed by atoms with Crippen LogP contribution in [0.25, 0.3) is 0 Å². The van der Waals surface area contributed by atoms with Crippen LogP contribution in [0, 0.1) is 11.3 Å². The molecule has 20 heavy (non-hydrogen) atoms. The summed E-state index contributed by atoms with van der Waals surface area (Å²) in [5.41, 5.74) is 1.66. The minimum atomic E-state index is -2.95. The Bertz CT molecular complexity index is 590. The summed E-state index contributed by atoms with van der Waals surface area (Å²) in [4.78, 5) is 0.837. The maximum absolute atomic E-state index is 11.1. The summed E-state index contributed by atoms with van der Waals surface area (Å²) in [6.45, 7) is 4.86. The molecule has 0 heterocycles. The van der Waals surface area contributed by atoms with E-state index < -0.39 is 9.84 Å². The lowest BCUT2D eigenvalue weighted by Gasteiger charge is -2.10. The van der Waals surface area contributed by atoms with Crippen molar-refractivity contribution < 1.29 is 8.42 Å². The fraction of sp³-hybridized carbons (Fsp3) is 0.500. The van der Waals surface area contributed by atoms with Crippen LogP contribution in [0.4, 0.5) is 0 Å². The first-order chi connectivity index (χ1) is 9.31. The van der Waals surface area contributed by atoms with Gasteiger partial charge in [0.15, 0.2) is 0 Å². The molecule has 4 nitrogen and oxygen atoms in total. The maximum Gasteiger partial charge on any atom is 0.148 e. The summed E-state index contributed by atoms with van der Waals surface area (Å²) in [6.07, 6.45) is 1.22. The molecule has 1 aromatic carbocycles. The number of sulfone groups is 1. The Labute approximate surface area is 125 Å². The van der Waals surface area contributed by atoms with Gasteiger partial charge in [-0.2, -0.15) is 5.26 Å². The van der Waals surface area contributed by atoms with E-state index >= 15 is 0 Å². The van der Waals surface area contributed by atoms with Crippen molar-refractivity contribution in [3.05, 3.63) is 29.3 Å². The van der Waals surface area contributed by atoms with Gasteiger partial charge in [-0.15, -0.1) is 11.8 Å². The summed E-state index contributed by atoms with van der Waals surface area (Å²) in [5.74, 6) is 0.594. The highest BCUT2D eigenvalue weighted by atomic mass is 32.2. The van der Waals surface area contributed by atoms with Gasteiger partial charge in [-0.05, 0) is 17.7 Å². The van der Waals surface area contributed by atoms with Crippen molar-refractivity contribution in [2.45, 2.75) is 31.3 Å². The summed E-state index contributed by atoms with van der Waals surface area (Å²) < 4.78 is 22.2. The van der Waals surface area contributed by atoms with Gasteiger partial charge in [-0.3, -0.25) is 0 Å². The van der Waals surface area contributed by atoms with Gasteiger partial charge in [0, 0.05) is 29.5 Å². The SMILES string of the molecule is CC(C)NCc1ccc(SCCS(C)(=O)=O)c(C#N)c1. The van der Waals surface area contributed by atoms with Crippen molar-refractivity contribution >= 4 is 21.6 Å². The minimum Gasteiger partial charge on any atom is -0.310 e. The minimum absolute atomic E-state index is 0.124. The van der Waals surface area contributed by atoms with E-state index in [-0.39, 0.29) is 5.75 Å². The van der Waals surface area contributed by atoms with Crippen LogP contribution in [0.2, 0.25) is 0 Å². The molecule has 0 atom stereocenters. The van der Waals surface area contributed by atoms with Crippen molar-refractivity contribution in [3.8, 4) is 6.07 Å². The fourth-order valence-corrected chi connectivity index (χ4v) is 3.71. The summed E-state index contributed by atoms with van der Waals surface area (Å²) in [6, 6.07) is 8.29. The average Bonchev–Trinajstić information content (AvgIpc) is 2.35. The van der Waals surface area contributed by atoms with Gasteiger partial charge >= 0.3 is 0 Å². The van der Waals surface area contributed by atoms with Gasteiger partial charge in [0.25, 0.3) is 0 Å². The molecule has 1 rings (SSSR count). The molecule has 6 heteroatoms. The zero-order valence-electron chi connectivity index (χ0n) is 12.0. The summed E-state index contributed by atoms with van der Waals surface area (Å²) in [7, 11) is -2.95. The van der Waals surface area contributed by atoms with Gasteiger partial charge < -0.3 is 5.32 Å². The molecule has 0 saturated heterocycles. The van der Waals surface area contributed by atoms with Gasteiger partial charge in [-0.25, -0.2) is 8.42 Å². The molecule has 0 aliphatic heterocycles. The standard InChI is InChI=1S/C14H20N2O2S2/c1-11(2)16-10-12-4-5-14(13(8-12)9-15)19-6-7-20(3,17)18/h4-5,8,11,16H,6-7,10H2,1-3H3. The highest BCUT2D eigenvalue weighted by molar-refractivity contribution is 8.00. The second-order valence-corrected chi connectivity index (χ2v) is 8.35. The number of nitrogens with one attached hydrogen (secondary N) is 1. The van der Waals surface area contributed by atoms with Crippen LogP contribution >= 0.6 is 11.8 Å². The predicted molar refractivity (Wildman–Crippen MR) is 83.6 cm³/mol. The Morgan fingerprint density at radius 2 is 2.10 bits per heavy atom. The van der Waals surface area contributed by atoms with E-state index in [0.29, 0.717) is 17.4 Å². The molecule has 0 aromatic heterocycles. The molecule has 1 N–H and O–H groups in total. The van der Waals surface area contributed by atoms with Gasteiger partial charge in [0.1, 0.15) is 15.9 Å². The predicted octanol–water partition coefficient (Wildman–Crippen LogP) is 2.19. The highest BCUT2D eigenvalue weighted by Crippen LogP contribution is 2.23. The summed E-state index contributed by atoms with van der Waals surface area (Å²) >= 11 is 1.41. The van der Waals surface area contributed by atoms with Crippen molar-refractivity contribution in [1.29, 1.82) is 5.26 Å². The van der Waals surface area contributed by atoms with Crippen LogP contribution < -0.4 is 5.32 Å². The first kappa shape index (κ1) is 17.0. The number of nitriles is 1. The Hall–Kier alpha value is -1.03. The molecule has 110 valence electrons. The lowest BCUT2D eigenvalue weighted by Crippen LogP contribution is -2.21. The maximum atomic E-state index is 11.1. The first-order valence-corrected chi connectivity index (χ1v) is 9.43. The van der Waals surface area contributed by atoms with Gasteiger partial charge in [0.05, 0.1) is 11.3 Å². The second kappa shape index (κ2) is 7.67. The third-order valence-electron chi connectivity index (χ3n) is 2.59. The van der Waals surface area contributed by atoms with E-state index in [1.165, 1.54) is 18.0 Å². The molecule has 0 fully saturated rings. The fourth-order valence-electron chi connectivity index (χ4n) is 1.53. The van der Waals surface area contributed by atoms with Crippen molar-refractivity contribution in [2.75, 3.05) is 17.8 Å². The van der Waals surface area contributed by atoms with Crippen LogP contribution in [0.1, 0.15) is 25.0 Å². The van der Waals surface area contributed by atoms with E-state index in [2.05, 4.69) is 25.2 Å². The Morgan fingerprint density at radius 1 is 1.40 bits per heavy atom. The smallest absolute Gasteiger partial charge is 0.148 e. The molecule has 0 amide bonds. The topological polar surface area (TPSA) is 70.0 Å². The van der Waals surface area contributed by atoms with Crippen LogP contribution in [0.15, 0.2) is 23.1 Å². The monoisotopic (exact) mass is 312 g/mol. The molecule has 0 bridgehead atoms. The third kappa shape index (κ3) is 6.42. The highest BCUT2D eigenvalue weighted by Gasteiger charge is 2.07. The van der Waals surface area contributed by atoms with E-state index in [0.717, 1.165) is 17.0 Å². The molecule has 0 saturated carbocycles. The number of nitrogens with zero attached hydrogens (tertiary/aromatic N) is 1. The molecule has 1 aromatic rings. The largest absolute Gasteiger partial charge is 0.310 e. The molecule has 0 unspecified atom stereocenters. The van der Waals surface area contributed by atoms with Crippen LogP contribution in [0.5, 0.6) is 0 Å². The zero-order valence-corrected chi connectivity index (χ0v) is 13.6. The Morgan fingerprint density at radius 3 is 2.65 bits per heavy atom. The first-order valence-electron chi connectivity index (χ1n) is 6.39. The lowest BCUT2D eigenvalue weighted by atomic mass is 10.1. The van der Waals surface area contributed by atoms with Crippen LogP contribution in [-0.4, -0.2) is 32.2 Å². The molecular weight excluding hydrogens is 292 g/mol. The van der Waals surface area contributed by atoms with Crippen molar-refractivity contribution in [3.63, 3.8) is 0 Å². The van der Waals surface area contributed by atoms with E-state index in [4.69, 9.17) is 0 Å². The third-order valence-corrected chi connectivity index (χ3v) is 4.87. The molecule has 0 spiro atoms. The Balaban J connectivity index is 2.71. The number of thioether (sulfide) groups is 1. The van der Waals surface area contributed by atoms with E-state index in [1.807, 2.05) is 18.2 Å². The molecule has 0 radical (unpaired) electrons. The van der Waals surface area contributed by atoms with Gasteiger partial charge in [0.2, 0.25) is 0 Å². The molecular formula is C14H20N2O2S2. The lowest BCUT2D eigenvalue weighted by molar-refractivity contribution is 0.588. The van der Waals surface area contributed by atoms with E-state index in [9.17, 15) is 13.7 Å². The molecule has 0 aliphatic carbocycles. The van der Waals surface area contributed by atoms with Crippen LogP contribution in [-0.2, 0) is 16.4 Å².